The third kappa shape index (κ3) is 2.60. The number of aryl methyl sites for hydroxylation is 1. The summed E-state index contributed by atoms with van der Waals surface area (Å²) in [6.45, 7) is 3.43. The van der Waals surface area contributed by atoms with Gasteiger partial charge in [0.2, 0.25) is 0 Å². The Morgan fingerprint density at radius 1 is 1.20 bits per heavy atom. The van der Waals surface area contributed by atoms with Crippen LogP contribution in [0.1, 0.15) is 49.8 Å². The van der Waals surface area contributed by atoms with Gasteiger partial charge in [0.1, 0.15) is 0 Å². The molecule has 1 nitrogen and oxygen atoms in total. The number of nitrogens with one attached hydrogen (secondary N) is 1. The topological polar surface area (TPSA) is 12.0 Å². The van der Waals surface area contributed by atoms with Crippen molar-refractivity contribution in [1.82, 2.24) is 5.32 Å². The molecule has 1 saturated heterocycles. The molecule has 1 heterocycles. The van der Waals surface area contributed by atoms with Crippen molar-refractivity contribution in [2.75, 3.05) is 6.54 Å². The smallest absolute Gasteiger partial charge is 0.0322 e. The Kier molecular flexibility index (Phi) is 3.79. The van der Waals surface area contributed by atoms with Crippen molar-refractivity contribution in [2.24, 2.45) is 0 Å². The molecule has 1 N–H and O–H groups in total. The second-order valence-electron chi connectivity index (χ2n) is 4.41. The van der Waals surface area contributed by atoms with Crippen LogP contribution in [0.5, 0.6) is 0 Å². The van der Waals surface area contributed by atoms with Crippen molar-refractivity contribution in [2.45, 2.75) is 45.1 Å². The van der Waals surface area contributed by atoms with Crippen molar-refractivity contribution in [3.05, 3.63) is 35.4 Å². The van der Waals surface area contributed by atoms with E-state index < -0.39 is 0 Å². The average molecular weight is 203 g/mol. The molecule has 82 valence electrons. The van der Waals surface area contributed by atoms with Crippen LogP contribution in [0.3, 0.4) is 0 Å². The average Bonchev–Trinajstić information content (AvgIpc) is 2.57. The molecular formula is C14H21N. The molecule has 1 heteroatoms. The van der Waals surface area contributed by atoms with Crippen molar-refractivity contribution in [3.63, 3.8) is 0 Å². The van der Waals surface area contributed by atoms with Gasteiger partial charge in [-0.05, 0) is 36.9 Å². The molecule has 0 amide bonds. The van der Waals surface area contributed by atoms with Gasteiger partial charge in [-0.2, -0.15) is 0 Å². The maximum atomic E-state index is 3.67. The minimum atomic E-state index is 0.601. The molecule has 1 fully saturated rings. The van der Waals surface area contributed by atoms with E-state index in [1.807, 2.05) is 0 Å². The second kappa shape index (κ2) is 5.32. The Hall–Kier alpha value is -0.820. The Morgan fingerprint density at radius 3 is 2.93 bits per heavy atom. The summed E-state index contributed by atoms with van der Waals surface area (Å²) in [6, 6.07) is 9.48. The molecule has 15 heavy (non-hydrogen) atoms. The zero-order valence-electron chi connectivity index (χ0n) is 9.63. The number of hydrogen-bond donors (Lipinski definition) is 1. The van der Waals surface area contributed by atoms with E-state index in [1.54, 1.807) is 0 Å². The highest BCUT2D eigenvalue weighted by atomic mass is 14.9. The van der Waals surface area contributed by atoms with Crippen molar-refractivity contribution in [3.8, 4) is 0 Å². The molecule has 0 radical (unpaired) electrons. The number of rotatable bonds is 2. The highest BCUT2D eigenvalue weighted by Crippen LogP contribution is 2.25. The van der Waals surface area contributed by atoms with Crippen LogP contribution >= 0.6 is 0 Å². The van der Waals surface area contributed by atoms with E-state index in [0.29, 0.717) is 6.04 Å². The summed E-state index contributed by atoms with van der Waals surface area (Å²) in [7, 11) is 0. The lowest BCUT2D eigenvalue weighted by Crippen LogP contribution is -2.21. The first-order valence-corrected chi connectivity index (χ1v) is 6.23. The van der Waals surface area contributed by atoms with Crippen LogP contribution in [-0.2, 0) is 6.42 Å². The van der Waals surface area contributed by atoms with Crippen LogP contribution < -0.4 is 5.32 Å². The molecule has 0 spiro atoms. The Morgan fingerprint density at radius 2 is 2.07 bits per heavy atom. The summed E-state index contributed by atoms with van der Waals surface area (Å²) in [6.07, 6.45) is 6.55. The van der Waals surface area contributed by atoms with Crippen molar-refractivity contribution < 1.29 is 0 Å². The third-order valence-electron chi connectivity index (χ3n) is 3.37. The monoisotopic (exact) mass is 203 g/mol. The van der Waals surface area contributed by atoms with Crippen LogP contribution in [0.25, 0.3) is 0 Å². The normalized spacial score (nSPS) is 22.3. The summed E-state index contributed by atoms with van der Waals surface area (Å²) in [5.74, 6) is 0. The van der Waals surface area contributed by atoms with E-state index in [0.717, 1.165) is 6.42 Å². The van der Waals surface area contributed by atoms with E-state index in [9.17, 15) is 0 Å². The molecule has 1 aromatic carbocycles. The third-order valence-corrected chi connectivity index (χ3v) is 3.37. The fourth-order valence-electron chi connectivity index (χ4n) is 2.49. The quantitative estimate of drug-likeness (QED) is 0.776. The lowest BCUT2D eigenvalue weighted by molar-refractivity contribution is 0.531. The largest absolute Gasteiger partial charge is 0.310 e. The van der Waals surface area contributed by atoms with Gasteiger partial charge in [-0.25, -0.2) is 0 Å². The lowest BCUT2D eigenvalue weighted by atomic mass is 9.96. The van der Waals surface area contributed by atoms with Gasteiger partial charge >= 0.3 is 0 Å². The summed E-state index contributed by atoms with van der Waals surface area (Å²) in [5.41, 5.74) is 3.04. The highest BCUT2D eigenvalue weighted by molar-refractivity contribution is 5.30. The molecule has 1 aliphatic rings. The minimum absolute atomic E-state index is 0.601. The SMILES string of the molecule is CCc1ccccc1[C@@H]1CCCCCN1. The molecule has 0 aliphatic carbocycles. The fraction of sp³-hybridized carbons (Fsp3) is 0.571. The van der Waals surface area contributed by atoms with E-state index in [1.165, 1.54) is 43.4 Å². The van der Waals surface area contributed by atoms with Gasteiger partial charge in [-0.1, -0.05) is 44.0 Å². The van der Waals surface area contributed by atoms with Crippen LogP contribution in [0.15, 0.2) is 24.3 Å². The van der Waals surface area contributed by atoms with Gasteiger partial charge in [0.05, 0.1) is 0 Å². The number of benzene rings is 1. The molecule has 0 bridgehead atoms. The predicted molar refractivity (Wildman–Crippen MR) is 65.0 cm³/mol. The van der Waals surface area contributed by atoms with Gasteiger partial charge in [0, 0.05) is 6.04 Å². The Bertz CT molecular complexity index is 298. The minimum Gasteiger partial charge on any atom is -0.310 e. The van der Waals surface area contributed by atoms with Crippen LogP contribution in [0, 0.1) is 0 Å². The first kappa shape index (κ1) is 10.7. The first-order valence-electron chi connectivity index (χ1n) is 6.23. The first-order chi connectivity index (χ1) is 7.42. The zero-order valence-corrected chi connectivity index (χ0v) is 9.63. The molecule has 0 unspecified atom stereocenters. The van der Waals surface area contributed by atoms with Crippen LogP contribution in [-0.4, -0.2) is 6.54 Å². The Labute approximate surface area is 92.9 Å². The molecule has 1 atom stereocenters. The molecule has 0 saturated carbocycles. The van der Waals surface area contributed by atoms with Crippen molar-refractivity contribution in [1.29, 1.82) is 0 Å². The summed E-state index contributed by atoms with van der Waals surface area (Å²) >= 11 is 0. The van der Waals surface area contributed by atoms with Crippen LogP contribution in [0.2, 0.25) is 0 Å². The standard InChI is InChI=1S/C14H21N/c1-2-12-8-5-6-9-13(12)14-10-4-3-7-11-15-14/h5-6,8-9,14-15H,2-4,7,10-11H2,1H3/t14-/m0/s1. The molecule has 1 aliphatic heterocycles. The van der Waals surface area contributed by atoms with Gasteiger partial charge in [0.25, 0.3) is 0 Å². The fourth-order valence-corrected chi connectivity index (χ4v) is 2.49. The van der Waals surface area contributed by atoms with Gasteiger partial charge in [0.15, 0.2) is 0 Å². The zero-order chi connectivity index (χ0) is 10.5. The van der Waals surface area contributed by atoms with Crippen LogP contribution in [0.4, 0.5) is 0 Å². The van der Waals surface area contributed by atoms with E-state index in [-0.39, 0.29) is 0 Å². The van der Waals surface area contributed by atoms with E-state index in [2.05, 4.69) is 36.5 Å². The van der Waals surface area contributed by atoms with E-state index >= 15 is 0 Å². The maximum absolute atomic E-state index is 3.67. The lowest BCUT2D eigenvalue weighted by Gasteiger charge is -2.19. The van der Waals surface area contributed by atoms with E-state index in [4.69, 9.17) is 0 Å². The summed E-state index contributed by atoms with van der Waals surface area (Å²) < 4.78 is 0. The number of hydrogen-bond acceptors (Lipinski definition) is 1. The van der Waals surface area contributed by atoms with Gasteiger partial charge < -0.3 is 5.32 Å². The van der Waals surface area contributed by atoms with Gasteiger partial charge in [-0.3, -0.25) is 0 Å². The summed E-state index contributed by atoms with van der Waals surface area (Å²) in [5, 5.41) is 3.67. The maximum Gasteiger partial charge on any atom is 0.0322 e. The molecular weight excluding hydrogens is 182 g/mol. The van der Waals surface area contributed by atoms with Crippen molar-refractivity contribution >= 4 is 0 Å². The van der Waals surface area contributed by atoms with Gasteiger partial charge in [-0.15, -0.1) is 0 Å². The summed E-state index contributed by atoms with van der Waals surface area (Å²) in [4.78, 5) is 0. The Balaban J connectivity index is 2.18. The highest BCUT2D eigenvalue weighted by Gasteiger charge is 2.15. The molecule has 1 aromatic rings. The molecule has 2 rings (SSSR count). The predicted octanol–water partition coefficient (Wildman–Crippen LogP) is 3.45. The molecule has 0 aromatic heterocycles. The second-order valence-corrected chi connectivity index (χ2v) is 4.41.